The van der Waals surface area contributed by atoms with Crippen LogP contribution in [0.15, 0.2) is 11.8 Å². The van der Waals surface area contributed by atoms with Crippen molar-refractivity contribution in [1.29, 1.82) is 0 Å². The van der Waals surface area contributed by atoms with Crippen molar-refractivity contribution in [1.82, 2.24) is 0 Å². The highest BCUT2D eigenvalue weighted by atomic mass is 16.8. The fraction of sp³-hybridized carbons (Fsp3) is 0.720. The van der Waals surface area contributed by atoms with Crippen LogP contribution in [-0.2, 0) is 71.3 Å². The molecule has 1 N–H and O–H groups in total. The van der Waals surface area contributed by atoms with Crippen molar-refractivity contribution < 1.29 is 76.4 Å². The molecule has 41 heavy (non-hydrogen) atoms. The van der Waals surface area contributed by atoms with E-state index < -0.39 is 104 Å². The number of hydrogen-bond acceptors (Lipinski definition) is 16. The minimum atomic E-state index is -1.56. The summed E-state index contributed by atoms with van der Waals surface area (Å²) in [6.45, 7) is 3.97. The van der Waals surface area contributed by atoms with E-state index in [1.54, 1.807) is 0 Å². The molecule has 228 valence electrons. The van der Waals surface area contributed by atoms with Crippen LogP contribution in [0.1, 0.15) is 34.1 Å². The van der Waals surface area contributed by atoms with Crippen LogP contribution in [0.25, 0.3) is 0 Å². The smallest absolute Gasteiger partial charge is 0.337 e. The van der Waals surface area contributed by atoms with Gasteiger partial charge in [0.15, 0.2) is 30.9 Å². The second-order valence-electron chi connectivity index (χ2n) is 9.75. The standard InChI is InChI=1S/C25H32O16/c1-9(26)33-8-15-18(35-10(2)27)20(36-11(3)28)21(37-12(4)29)25(38-15)41-24-17-13(14(7-34-24)22(30)32-5)6-16-39-19(17)23(31)40-16/h7,13,15-21,23-25,31H,6,8H2,1-5H3/t13-,15-,16+,17+,18-,19+,20+,21-,23-,24+,25+/m1/s1. The molecule has 0 aromatic carbocycles. The Labute approximate surface area is 234 Å². The third-order valence-electron chi connectivity index (χ3n) is 6.85. The molecule has 0 aromatic rings. The van der Waals surface area contributed by atoms with Gasteiger partial charge in [-0.25, -0.2) is 4.79 Å². The van der Waals surface area contributed by atoms with Gasteiger partial charge >= 0.3 is 29.8 Å². The molecule has 4 heterocycles. The third kappa shape index (κ3) is 6.78. The summed E-state index contributed by atoms with van der Waals surface area (Å²) >= 11 is 0. The number of methoxy groups -OCH3 is 1. The molecule has 0 unspecified atom stereocenters. The van der Waals surface area contributed by atoms with Gasteiger partial charge in [0.05, 0.1) is 24.9 Å². The van der Waals surface area contributed by atoms with Gasteiger partial charge in [-0.2, -0.15) is 0 Å². The molecular weight excluding hydrogens is 556 g/mol. The molecule has 16 heteroatoms. The molecular formula is C25H32O16. The molecule has 4 aliphatic rings. The molecule has 11 atom stereocenters. The van der Waals surface area contributed by atoms with E-state index in [-0.39, 0.29) is 12.0 Å². The molecule has 4 rings (SSSR count). The van der Waals surface area contributed by atoms with Gasteiger partial charge in [-0.3, -0.25) is 19.2 Å². The average molecular weight is 589 g/mol. The number of esters is 5. The van der Waals surface area contributed by atoms with Crippen LogP contribution >= 0.6 is 0 Å². The molecule has 0 aromatic heterocycles. The minimum absolute atomic E-state index is 0.154. The lowest BCUT2D eigenvalue weighted by atomic mass is 9.77. The van der Waals surface area contributed by atoms with Crippen LogP contribution in [0.2, 0.25) is 0 Å². The maximum atomic E-state index is 12.5. The zero-order valence-electron chi connectivity index (χ0n) is 22.9. The molecule has 0 amide bonds. The second kappa shape index (κ2) is 12.7. The summed E-state index contributed by atoms with van der Waals surface area (Å²) < 4.78 is 55.2. The van der Waals surface area contributed by atoms with Gasteiger partial charge in [-0.05, 0) is 0 Å². The number of carbonyl (C=O) groups is 5. The van der Waals surface area contributed by atoms with Gasteiger partial charge in [0.1, 0.15) is 18.8 Å². The Morgan fingerprint density at radius 2 is 1.49 bits per heavy atom. The van der Waals surface area contributed by atoms with Gasteiger partial charge in [0.25, 0.3) is 0 Å². The molecule has 0 aliphatic carbocycles. The van der Waals surface area contributed by atoms with Crippen molar-refractivity contribution >= 4 is 29.8 Å². The molecule has 3 fully saturated rings. The number of carbonyl (C=O) groups excluding carboxylic acids is 5. The van der Waals surface area contributed by atoms with Crippen LogP contribution in [0.5, 0.6) is 0 Å². The average Bonchev–Trinajstić information content (AvgIpc) is 3.18. The lowest BCUT2D eigenvalue weighted by molar-refractivity contribution is -0.350. The van der Waals surface area contributed by atoms with E-state index in [4.69, 9.17) is 47.4 Å². The van der Waals surface area contributed by atoms with Crippen LogP contribution in [0.3, 0.4) is 0 Å². The van der Waals surface area contributed by atoms with E-state index in [0.717, 1.165) is 34.0 Å². The van der Waals surface area contributed by atoms with E-state index in [1.807, 2.05) is 0 Å². The summed E-state index contributed by atoms with van der Waals surface area (Å²) in [7, 11) is 1.21. The Balaban J connectivity index is 1.70. The van der Waals surface area contributed by atoms with Crippen LogP contribution in [0, 0.1) is 11.8 Å². The Bertz CT molecular complexity index is 1070. The normalized spacial score (nSPS) is 37.4. The van der Waals surface area contributed by atoms with Gasteiger partial charge < -0.3 is 52.5 Å². The van der Waals surface area contributed by atoms with Crippen molar-refractivity contribution in [2.75, 3.05) is 13.7 Å². The second-order valence-corrected chi connectivity index (χ2v) is 9.75. The van der Waals surface area contributed by atoms with Gasteiger partial charge in [0, 0.05) is 40.0 Å². The third-order valence-corrected chi connectivity index (χ3v) is 6.85. The topological polar surface area (TPSA) is 198 Å². The first-order valence-electron chi connectivity index (χ1n) is 12.8. The van der Waals surface area contributed by atoms with Crippen LogP contribution in [0.4, 0.5) is 0 Å². The lowest BCUT2D eigenvalue weighted by Crippen LogP contribution is -2.64. The highest BCUT2D eigenvalue weighted by molar-refractivity contribution is 5.89. The summed E-state index contributed by atoms with van der Waals surface area (Å²) in [6, 6.07) is 0. The number of aliphatic hydroxyl groups is 1. The van der Waals surface area contributed by atoms with E-state index >= 15 is 0 Å². The summed E-state index contributed by atoms with van der Waals surface area (Å²) in [5.41, 5.74) is 0.162. The molecule has 4 aliphatic heterocycles. The van der Waals surface area contributed by atoms with Gasteiger partial charge in [-0.1, -0.05) is 0 Å². The zero-order valence-corrected chi connectivity index (χ0v) is 22.9. The van der Waals surface area contributed by atoms with Gasteiger partial charge in [0.2, 0.25) is 12.6 Å². The van der Waals surface area contributed by atoms with E-state index in [0.29, 0.717) is 0 Å². The molecule has 16 nitrogen and oxygen atoms in total. The zero-order chi connectivity index (χ0) is 30.0. The van der Waals surface area contributed by atoms with Crippen molar-refractivity contribution in [2.24, 2.45) is 11.8 Å². The first-order chi connectivity index (χ1) is 19.4. The number of hydrogen-bond donors (Lipinski definition) is 1. The summed E-state index contributed by atoms with van der Waals surface area (Å²) in [5.74, 6) is -5.21. The summed E-state index contributed by atoms with van der Waals surface area (Å²) in [6.07, 6.45) is -10.3. The van der Waals surface area contributed by atoms with Crippen molar-refractivity contribution in [3.05, 3.63) is 11.8 Å². The van der Waals surface area contributed by atoms with Crippen LogP contribution < -0.4 is 0 Å². The van der Waals surface area contributed by atoms with Crippen molar-refractivity contribution in [3.8, 4) is 0 Å². The Morgan fingerprint density at radius 1 is 0.854 bits per heavy atom. The first-order valence-corrected chi connectivity index (χ1v) is 12.8. The fourth-order valence-electron chi connectivity index (χ4n) is 5.36. The fourth-order valence-corrected chi connectivity index (χ4v) is 5.36. The number of rotatable bonds is 8. The molecule has 2 bridgehead atoms. The molecule has 3 saturated heterocycles. The number of ether oxygens (including phenoxy) is 10. The minimum Gasteiger partial charge on any atom is -0.471 e. The SMILES string of the molecule is COC(=O)C1=CO[C@@H](O[C@@H]2O[C@H](COC(C)=O)[C@@H](OC(C)=O)[C@H](OC(C)=O)[C@H]2OC(C)=O)[C@@H]2[C@@H]3O[C@H](C[C@H]12)O[C@H]3O. The lowest BCUT2D eigenvalue weighted by Gasteiger charge is -2.47. The Morgan fingerprint density at radius 3 is 2.10 bits per heavy atom. The quantitative estimate of drug-likeness (QED) is 0.273. The molecule has 0 saturated carbocycles. The highest BCUT2D eigenvalue weighted by Crippen LogP contribution is 2.47. The Kier molecular flexibility index (Phi) is 9.48. The highest BCUT2D eigenvalue weighted by Gasteiger charge is 2.59. The molecule has 0 spiro atoms. The van der Waals surface area contributed by atoms with Crippen molar-refractivity contribution in [3.63, 3.8) is 0 Å². The van der Waals surface area contributed by atoms with E-state index in [9.17, 15) is 29.1 Å². The number of aliphatic hydroxyl groups excluding tert-OH is 1. The summed E-state index contributed by atoms with van der Waals surface area (Å²) in [5, 5.41) is 10.5. The van der Waals surface area contributed by atoms with E-state index in [1.165, 1.54) is 7.11 Å². The Hall–Kier alpha value is -3.31. The predicted octanol–water partition coefficient (Wildman–Crippen LogP) is -0.805. The number of fused-ring (bicyclic) bond motifs is 4. The largest absolute Gasteiger partial charge is 0.471 e. The maximum absolute atomic E-state index is 12.5. The monoisotopic (exact) mass is 588 g/mol. The van der Waals surface area contributed by atoms with Gasteiger partial charge in [-0.15, -0.1) is 0 Å². The maximum Gasteiger partial charge on any atom is 0.337 e. The van der Waals surface area contributed by atoms with Crippen molar-refractivity contribution in [2.45, 2.75) is 89.8 Å². The molecule has 0 radical (unpaired) electrons. The predicted molar refractivity (Wildman–Crippen MR) is 125 cm³/mol. The van der Waals surface area contributed by atoms with E-state index in [2.05, 4.69) is 0 Å². The summed E-state index contributed by atoms with van der Waals surface area (Å²) in [4.78, 5) is 60.2. The first kappa shape index (κ1) is 30.6. The van der Waals surface area contributed by atoms with Crippen LogP contribution in [-0.4, -0.2) is 104 Å².